The van der Waals surface area contributed by atoms with Gasteiger partial charge in [-0.1, -0.05) is 23.2 Å². The van der Waals surface area contributed by atoms with Crippen LogP contribution < -0.4 is 0 Å². The maximum atomic E-state index is 5.95. The summed E-state index contributed by atoms with van der Waals surface area (Å²) in [5.74, 6) is 1.31. The molecule has 1 fully saturated rings. The van der Waals surface area contributed by atoms with Crippen molar-refractivity contribution in [1.82, 2.24) is 10.2 Å². The fourth-order valence-corrected chi connectivity index (χ4v) is 2.98. The normalized spacial score (nSPS) is 22.8. The summed E-state index contributed by atoms with van der Waals surface area (Å²) in [5, 5.41) is 8.17. The second kappa shape index (κ2) is 4.25. The van der Waals surface area contributed by atoms with Crippen LogP contribution in [0.5, 0.6) is 0 Å². The zero-order valence-corrected chi connectivity index (χ0v) is 10.7. The Kier molecular flexibility index (Phi) is 3.32. The Labute approximate surface area is 108 Å². The highest BCUT2D eigenvalue weighted by atomic mass is 35.5. The van der Waals surface area contributed by atoms with Gasteiger partial charge in [-0.3, -0.25) is 0 Å². The smallest absolute Gasteiger partial charge is 0.137 e. The van der Waals surface area contributed by atoms with Crippen LogP contribution in [0.1, 0.15) is 17.9 Å². The van der Waals surface area contributed by atoms with Crippen molar-refractivity contribution < 1.29 is 0 Å². The third-order valence-electron chi connectivity index (χ3n) is 2.84. The van der Waals surface area contributed by atoms with Gasteiger partial charge in [0.25, 0.3) is 0 Å². The van der Waals surface area contributed by atoms with Crippen LogP contribution in [0, 0.1) is 5.41 Å². The molecule has 1 atom stereocenters. The largest absolute Gasteiger partial charge is 0.155 e. The summed E-state index contributed by atoms with van der Waals surface area (Å²) in [6.45, 7) is 0. The van der Waals surface area contributed by atoms with Crippen molar-refractivity contribution in [2.75, 3.05) is 11.8 Å². The number of halogens is 4. The SMILES string of the molecule is ClCC1(CCl)CC1c1cc(Cl)nnc1Cl. The maximum absolute atomic E-state index is 5.95. The van der Waals surface area contributed by atoms with Crippen molar-refractivity contribution in [2.24, 2.45) is 5.41 Å². The molecule has 15 heavy (non-hydrogen) atoms. The number of hydrogen-bond acceptors (Lipinski definition) is 2. The maximum Gasteiger partial charge on any atom is 0.155 e. The molecule has 0 bridgehead atoms. The Morgan fingerprint density at radius 3 is 2.47 bits per heavy atom. The van der Waals surface area contributed by atoms with E-state index in [4.69, 9.17) is 46.4 Å². The lowest BCUT2D eigenvalue weighted by molar-refractivity contribution is 0.637. The van der Waals surface area contributed by atoms with Gasteiger partial charge >= 0.3 is 0 Å². The first kappa shape index (κ1) is 11.7. The van der Waals surface area contributed by atoms with E-state index in [2.05, 4.69) is 10.2 Å². The second-order valence-corrected chi connectivity index (χ2v) is 5.08. The molecule has 0 aromatic carbocycles. The van der Waals surface area contributed by atoms with Crippen molar-refractivity contribution in [3.8, 4) is 0 Å². The summed E-state index contributed by atoms with van der Waals surface area (Å²) in [4.78, 5) is 0. The average Bonchev–Trinajstić information content (AvgIpc) is 2.97. The molecule has 1 heterocycles. The number of hydrogen-bond donors (Lipinski definition) is 0. The molecular weight excluding hydrogens is 278 g/mol. The minimum atomic E-state index is -0.0425. The lowest BCUT2D eigenvalue weighted by Crippen LogP contribution is -2.08. The van der Waals surface area contributed by atoms with Gasteiger partial charge in [0.1, 0.15) is 0 Å². The van der Waals surface area contributed by atoms with E-state index < -0.39 is 0 Å². The highest BCUT2D eigenvalue weighted by Gasteiger charge is 2.54. The van der Waals surface area contributed by atoms with Crippen LogP contribution in [0.4, 0.5) is 0 Å². The van der Waals surface area contributed by atoms with Gasteiger partial charge in [0.05, 0.1) is 0 Å². The Morgan fingerprint density at radius 1 is 1.27 bits per heavy atom. The van der Waals surface area contributed by atoms with Crippen molar-refractivity contribution in [3.63, 3.8) is 0 Å². The van der Waals surface area contributed by atoms with Gasteiger partial charge in [0.15, 0.2) is 10.3 Å². The Balaban J connectivity index is 2.29. The number of aromatic nitrogens is 2. The third-order valence-corrected chi connectivity index (χ3v) is 4.39. The Hall–Kier alpha value is 0.240. The molecule has 1 aliphatic rings. The lowest BCUT2D eigenvalue weighted by atomic mass is 10.1. The predicted octanol–water partition coefficient (Wildman–Crippen LogP) is 3.73. The van der Waals surface area contributed by atoms with Gasteiger partial charge in [-0.15, -0.1) is 33.4 Å². The molecule has 0 N–H and O–H groups in total. The molecule has 2 nitrogen and oxygen atoms in total. The van der Waals surface area contributed by atoms with Crippen LogP contribution in [0.2, 0.25) is 10.3 Å². The van der Waals surface area contributed by atoms with E-state index in [0.717, 1.165) is 12.0 Å². The van der Waals surface area contributed by atoms with Crippen LogP contribution in [0.15, 0.2) is 6.07 Å². The van der Waals surface area contributed by atoms with Crippen LogP contribution in [-0.2, 0) is 0 Å². The van der Waals surface area contributed by atoms with Crippen LogP contribution in [-0.4, -0.2) is 22.0 Å². The number of alkyl halides is 2. The van der Waals surface area contributed by atoms with Crippen molar-refractivity contribution in [3.05, 3.63) is 21.9 Å². The first-order valence-electron chi connectivity index (χ1n) is 4.43. The molecule has 6 heteroatoms. The molecule has 0 radical (unpaired) electrons. The molecule has 0 amide bonds. The summed E-state index contributed by atoms with van der Waals surface area (Å²) < 4.78 is 0. The quantitative estimate of drug-likeness (QED) is 0.791. The van der Waals surface area contributed by atoms with Gasteiger partial charge in [-0.25, -0.2) is 0 Å². The van der Waals surface area contributed by atoms with E-state index in [1.54, 1.807) is 6.07 Å². The molecule has 2 rings (SSSR count). The van der Waals surface area contributed by atoms with Crippen LogP contribution >= 0.6 is 46.4 Å². The van der Waals surface area contributed by atoms with E-state index in [-0.39, 0.29) is 11.3 Å². The van der Waals surface area contributed by atoms with E-state index >= 15 is 0 Å². The molecule has 0 aliphatic heterocycles. The Bertz CT molecular complexity index is 378. The second-order valence-electron chi connectivity index (χ2n) is 3.80. The lowest BCUT2D eigenvalue weighted by Gasteiger charge is -2.09. The third kappa shape index (κ3) is 2.05. The first-order chi connectivity index (χ1) is 7.13. The fraction of sp³-hybridized carbons (Fsp3) is 0.556. The summed E-state index contributed by atoms with van der Waals surface area (Å²) in [5.41, 5.74) is 0.858. The molecule has 0 saturated heterocycles. The molecule has 1 unspecified atom stereocenters. The van der Waals surface area contributed by atoms with E-state index in [0.29, 0.717) is 22.1 Å². The van der Waals surface area contributed by atoms with Gasteiger partial charge in [0, 0.05) is 17.2 Å². The molecule has 82 valence electrons. The molecule has 1 aromatic heterocycles. The van der Waals surface area contributed by atoms with Crippen molar-refractivity contribution >= 4 is 46.4 Å². The van der Waals surface area contributed by atoms with Gasteiger partial charge in [-0.2, -0.15) is 0 Å². The number of rotatable bonds is 3. The predicted molar refractivity (Wildman–Crippen MR) is 63.3 cm³/mol. The minimum Gasteiger partial charge on any atom is -0.137 e. The average molecular weight is 286 g/mol. The fourth-order valence-electron chi connectivity index (χ4n) is 1.73. The zero-order valence-electron chi connectivity index (χ0n) is 7.68. The molecule has 1 aromatic rings. The van der Waals surface area contributed by atoms with Crippen LogP contribution in [0.25, 0.3) is 0 Å². The van der Waals surface area contributed by atoms with E-state index in [9.17, 15) is 0 Å². The van der Waals surface area contributed by atoms with Crippen molar-refractivity contribution in [1.29, 1.82) is 0 Å². The summed E-state index contributed by atoms with van der Waals surface area (Å²) in [7, 11) is 0. The van der Waals surface area contributed by atoms with Crippen molar-refractivity contribution in [2.45, 2.75) is 12.3 Å². The minimum absolute atomic E-state index is 0.0425. The van der Waals surface area contributed by atoms with Gasteiger partial charge < -0.3 is 0 Å². The van der Waals surface area contributed by atoms with Crippen LogP contribution in [0.3, 0.4) is 0 Å². The van der Waals surface area contributed by atoms with E-state index in [1.165, 1.54) is 0 Å². The van der Waals surface area contributed by atoms with Gasteiger partial charge in [-0.05, 0) is 24.0 Å². The topological polar surface area (TPSA) is 25.8 Å². The molecule has 0 spiro atoms. The molecule has 1 saturated carbocycles. The molecule has 1 aliphatic carbocycles. The standard InChI is InChI=1S/C9H8Cl4N2/c10-3-9(4-11)2-6(9)5-1-7(12)14-15-8(5)13/h1,6H,2-4H2. The monoisotopic (exact) mass is 284 g/mol. The van der Waals surface area contributed by atoms with E-state index in [1.807, 2.05) is 0 Å². The number of nitrogens with zero attached hydrogens (tertiary/aromatic N) is 2. The summed E-state index contributed by atoms with van der Waals surface area (Å²) in [6.07, 6.45) is 0.932. The highest BCUT2D eigenvalue weighted by molar-refractivity contribution is 6.32. The summed E-state index contributed by atoms with van der Waals surface area (Å²) in [6, 6.07) is 1.74. The highest BCUT2D eigenvalue weighted by Crippen LogP contribution is 2.61. The first-order valence-corrected chi connectivity index (χ1v) is 6.26. The Morgan fingerprint density at radius 2 is 1.93 bits per heavy atom. The zero-order chi connectivity index (χ0) is 11.1. The molecular formula is C9H8Cl4N2. The summed E-state index contributed by atoms with van der Waals surface area (Å²) >= 11 is 23.5. The van der Waals surface area contributed by atoms with Gasteiger partial charge in [0.2, 0.25) is 0 Å².